The van der Waals surface area contributed by atoms with E-state index in [0.29, 0.717) is 6.61 Å². The number of unbranched alkanes of at least 4 members (excludes halogenated alkanes) is 5. The van der Waals surface area contributed by atoms with Crippen molar-refractivity contribution in [1.29, 1.82) is 0 Å². The minimum Gasteiger partial charge on any atom is -0.493 e. The number of methoxy groups -OCH3 is 1. The van der Waals surface area contributed by atoms with Crippen LogP contribution in [0, 0.1) is 0 Å². The molecule has 0 fully saturated rings. The van der Waals surface area contributed by atoms with Crippen molar-refractivity contribution in [2.75, 3.05) is 13.7 Å². The first-order valence-electron chi connectivity index (χ1n) is 9.36. The maximum absolute atomic E-state index is 5.88. The van der Waals surface area contributed by atoms with Crippen LogP contribution in [0.3, 0.4) is 0 Å². The van der Waals surface area contributed by atoms with Gasteiger partial charge in [0.25, 0.3) is 0 Å². The molecule has 0 saturated carbocycles. The first-order chi connectivity index (χ1) is 12.3. The third-order valence-electron chi connectivity index (χ3n) is 4.21. The van der Waals surface area contributed by atoms with E-state index in [0.717, 1.165) is 24.6 Å². The average Bonchev–Trinajstić information content (AvgIpc) is 3.16. The highest BCUT2D eigenvalue weighted by Gasteiger charge is 2.06. The highest BCUT2D eigenvalue weighted by molar-refractivity contribution is 7.09. The van der Waals surface area contributed by atoms with Gasteiger partial charge in [-0.3, -0.25) is 0 Å². The molecule has 0 amide bonds. The smallest absolute Gasteiger partial charge is 0.161 e. The number of thiophene rings is 1. The molecule has 2 aromatic rings. The van der Waals surface area contributed by atoms with Gasteiger partial charge in [0.2, 0.25) is 0 Å². The number of hydrogen-bond acceptors (Lipinski definition) is 4. The molecule has 3 nitrogen and oxygen atoms in total. The lowest BCUT2D eigenvalue weighted by Crippen LogP contribution is -2.14. The van der Waals surface area contributed by atoms with E-state index in [4.69, 9.17) is 9.47 Å². The second-order valence-electron chi connectivity index (χ2n) is 6.30. The maximum Gasteiger partial charge on any atom is 0.161 e. The van der Waals surface area contributed by atoms with Crippen molar-refractivity contribution in [1.82, 2.24) is 5.32 Å². The van der Waals surface area contributed by atoms with E-state index in [-0.39, 0.29) is 0 Å². The standard InChI is InChI=1S/C21H31NO2S/c1-3-4-5-6-7-8-13-22-16-18-11-12-20(21(15-18)23-2)24-17-19-10-9-14-25-19/h9-12,14-15,22H,3-8,13,16-17H2,1-2H3. The van der Waals surface area contributed by atoms with Gasteiger partial charge >= 0.3 is 0 Å². The van der Waals surface area contributed by atoms with Crippen LogP contribution in [0.2, 0.25) is 0 Å². The molecule has 0 unspecified atom stereocenters. The van der Waals surface area contributed by atoms with Crippen LogP contribution >= 0.6 is 11.3 Å². The molecule has 0 saturated heterocycles. The number of ether oxygens (including phenoxy) is 2. The van der Waals surface area contributed by atoms with Crippen molar-refractivity contribution in [3.63, 3.8) is 0 Å². The fourth-order valence-electron chi connectivity index (χ4n) is 2.75. The zero-order valence-electron chi connectivity index (χ0n) is 15.6. The molecule has 0 bridgehead atoms. The zero-order chi connectivity index (χ0) is 17.7. The van der Waals surface area contributed by atoms with Crippen molar-refractivity contribution in [2.24, 2.45) is 0 Å². The molecule has 0 aliphatic heterocycles. The fourth-order valence-corrected chi connectivity index (χ4v) is 3.36. The summed E-state index contributed by atoms with van der Waals surface area (Å²) in [7, 11) is 1.70. The van der Waals surface area contributed by atoms with Crippen molar-refractivity contribution in [3.05, 3.63) is 46.2 Å². The monoisotopic (exact) mass is 361 g/mol. The Morgan fingerprint density at radius 2 is 1.84 bits per heavy atom. The average molecular weight is 362 g/mol. The van der Waals surface area contributed by atoms with Gasteiger partial charge in [0.05, 0.1) is 7.11 Å². The summed E-state index contributed by atoms with van der Waals surface area (Å²) >= 11 is 1.70. The van der Waals surface area contributed by atoms with Crippen LogP contribution in [-0.2, 0) is 13.2 Å². The molecule has 4 heteroatoms. The molecule has 0 aliphatic carbocycles. The Kier molecular flexibility index (Phi) is 9.45. The molecule has 1 aromatic heterocycles. The van der Waals surface area contributed by atoms with Crippen LogP contribution in [0.1, 0.15) is 55.9 Å². The summed E-state index contributed by atoms with van der Waals surface area (Å²) in [5.41, 5.74) is 1.23. The molecule has 1 heterocycles. The second-order valence-corrected chi connectivity index (χ2v) is 7.33. The number of benzene rings is 1. The van der Waals surface area contributed by atoms with Gasteiger partial charge in [0.1, 0.15) is 6.61 Å². The third-order valence-corrected chi connectivity index (χ3v) is 5.06. The van der Waals surface area contributed by atoms with Gasteiger partial charge in [-0.1, -0.05) is 51.2 Å². The van der Waals surface area contributed by atoms with E-state index in [2.05, 4.69) is 35.8 Å². The van der Waals surface area contributed by atoms with Gasteiger partial charge in [-0.15, -0.1) is 11.3 Å². The fraction of sp³-hybridized carbons (Fsp3) is 0.524. The molecule has 138 valence electrons. The molecule has 0 radical (unpaired) electrons. The summed E-state index contributed by atoms with van der Waals surface area (Å²) in [6.07, 6.45) is 8.00. The highest BCUT2D eigenvalue weighted by atomic mass is 32.1. The first-order valence-corrected chi connectivity index (χ1v) is 10.2. The van der Waals surface area contributed by atoms with Gasteiger partial charge in [-0.2, -0.15) is 0 Å². The Morgan fingerprint density at radius 1 is 1.00 bits per heavy atom. The second kappa shape index (κ2) is 11.9. The maximum atomic E-state index is 5.88. The van der Waals surface area contributed by atoms with Gasteiger partial charge in [0, 0.05) is 11.4 Å². The molecule has 0 spiro atoms. The number of nitrogens with one attached hydrogen (secondary N) is 1. The van der Waals surface area contributed by atoms with Crippen molar-refractivity contribution < 1.29 is 9.47 Å². The quantitative estimate of drug-likeness (QED) is 0.458. The summed E-state index contributed by atoms with van der Waals surface area (Å²) in [6.45, 7) is 4.79. The van der Waals surface area contributed by atoms with Crippen LogP contribution in [0.25, 0.3) is 0 Å². The summed E-state index contributed by atoms with van der Waals surface area (Å²) in [6, 6.07) is 10.3. The normalized spacial score (nSPS) is 10.8. The predicted octanol–water partition coefficient (Wildman–Crippen LogP) is 5.79. The SMILES string of the molecule is CCCCCCCCNCc1ccc(OCc2cccs2)c(OC)c1. The van der Waals surface area contributed by atoms with E-state index < -0.39 is 0 Å². The van der Waals surface area contributed by atoms with Crippen LogP contribution in [0.4, 0.5) is 0 Å². The van der Waals surface area contributed by atoms with Crippen molar-refractivity contribution in [2.45, 2.75) is 58.6 Å². The van der Waals surface area contributed by atoms with Crippen LogP contribution in [0.5, 0.6) is 11.5 Å². The Morgan fingerprint density at radius 3 is 2.60 bits per heavy atom. The van der Waals surface area contributed by atoms with Gasteiger partial charge in [-0.25, -0.2) is 0 Å². The first kappa shape index (κ1) is 19.8. The predicted molar refractivity (Wildman–Crippen MR) is 107 cm³/mol. The Bertz CT molecular complexity index is 584. The van der Waals surface area contributed by atoms with E-state index in [1.807, 2.05) is 12.1 Å². The summed E-state index contributed by atoms with van der Waals surface area (Å²) in [4.78, 5) is 1.21. The lowest BCUT2D eigenvalue weighted by Gasteiger charge is -2.12. The van der Waals surface area contributed by atoms with Crippen LogP contribution < -0.4 is 14.8 Å². The van der Waals surface area contributed by atoms with E-state index in [1.165, 1.54) is 49.0 Å². The van der Waals surface area contributed by atoms with Crippen molar-refractivity contribution >= 4 is 11.3 Å². The molecule has 0 aliphatic rings. The molecule has 1 aromatic carbocycles. The van der Waals surface area contributed by atoms with E-state index >= 15 is 0 Å². The minimum atomic E-state index is 0.587. The molecule has 25 heavy (non-hydrogen) atoms. The van der Waals surface area contributed by atoms with E-state index in [9.17, 15) is 0 Å². The largest absolute Gasteiger partial charge is 0.493 e. The topological polar surface area (TPSA) is 30.5 Å². The Labute approximate surface area is 156 Å². The van der Waals surface area contributed by atoms with Crippen molar-refractivity contribution in [3.8, 4) is 11.5 Å². The lowest BCUT2D eigenvalue weighted by atomic mass is 10.1. The summed E-state index contributed by atoms with van der Waals surface area (Å²) in [5.74, 6) is 1.60. The Balaban J connectivity index is 1.71. The van der Waals surface area contributed by atoms with Gasteiger partial charge in [0.15, 0.2) is 11.5 Å². The molecule has 2 rings (SSSR count). The lowest BCUT2D eigenvalue weighted by molar-refractivity contribution is 0.287. The minimum absolute atomic E-state index is 0.587. The Hall–Kier alpha value is -1.52. The van der Waals surface area contributed by atoms with E-state index in [1.54, 1.807) is 18.4 Å². The van der Waals surface area contributed by atoms with Crippen LogP contribution in [-0.4, -0.2) is 13.7 Å². The summed E-state index contributed by atoms with van der Waals surface area (Å²) in [5, 5.41) is 5.59. The number of rotatable bonds is 13. The molecule has 0 atom stereocenters. The third kappa shape index (κ3) is 7.49. The zero-order valence-corrected chi connectivity index (χ0v) is 16.4. The van der Waals surface area contributed by atoms with Crippen LogP contribution in [0.15, 0.2) is 35.7 Å². The van der Waals surface area contributed by atoms with Gasteiger partial charge in [-0.05, 0) is 42.1 Å². The van der Waals surface area contributed by atoms with Gasteiger partial charge < -0.3 is 14.8 Å². The number of hydrogen-bond donors (Lipinski definition) is 1. The molecule has 1 N–H and O–H groups in total. The highest BCUT2D eigenvalue weighted by Crippen LogP contribution is 2.29. The summed E-state index contributed by atoms with van der Waals surface area (Å²) < 4.78 is 11.4. The molecular weight excluding hydrogens is 330 g/mol. The molecular formula is C21H31NO2S.